The molecular formula is C8H6N4. The van der Waals surface area contributed by atoms with E-state index in [9.17, 15) is 0 Å². The molecule has 0 saturated heterocycles. The molecular weight excluding hydrogens is 152 g/mol. The van der Waals surface area contributed by atoms with E-state index in [1.165, 1.54) is 0 Å². The van der Waals surface area contributed by atoms with Gasteiger partial charge in [0.25, 0.3) is 0 Å². The summed E-state index contributed by atoms with van der Waals surface area (Å²) in [5.74, 6) is -1.40. The third kappa shape index (κ3) is 3.21. The molecule has 0 aliphatic carbocycles. The molecule has 0 aliphatic heterocycles. The lowest BCUT2D eigenvalue weighted by molar-refractivity contribution is 0.623. The van der Waals surface area contributed by atoms with Gasteiger partial charge in [-0.3, -0.25) is 0 Å². The van der Waals surface area contributed by atoms with Crippen LogP contribution < -0.4 is 0 Å². The van der Waals surface area contributed by atoms with Crippen LogP contribution in [0.25, 0.3) is 0 Å². The SMILES string of the molecule is N#CC(C#N)CCC(C#N)C#N. The van der Waals surface area contributed by atoms with E-state index in [2.05, 4.69) is 0 Å². The van der Waals surface area contributed by atoms with Crippen LogP contribution in [-0.2, 0) is 0 Å². The van der Waals surface area contributed by atoms with Crippen LogP contribution in [-0.4, -0.2) is 0 Å². The summed E-state index contributed by atoms with van der Waals surface area (Å²) in [7, 11) is 0. The molecule has 0 amide bonds. The maximum absolute atomic E-state index is 8.35. The number of rotatable bonds is 3. The van der Waals surface area contributed by atoms with Crippen molar-refractivity contribution in [3.8, 4) is 24.3 Å². The fourth-order valence-corrected chi connectivity index (χ4v) is 0.649. The highest BCUT2D eigenvalue weighted by atomic mass is 14.3. The van der Waals surface area contributed by atoms with Gasteiger partial charge in [0.05, 0.1) is 24.3 Å². The minimum Gasteiger partial charge on any atom is -0.197 e. The first-order chi connectivity index (χ1) is 5.78. The molecule has 0 heterocycles. The van der Waals surface area contributed by atoms with Gasteiger partial charge in [-0.15, -0.1) is 0 Å². The Morgan fingerprint density at radius 2 is 0.917 bits per heavy atom. The Balaban J connectivity index is 3.88. The van der Waals surface area contributed by atoms with Crippen molar-refractivity contribution >= 4 is 0 Å². The molecule has 0 aliphatic rings. The normalized spacial score (nSPS) is 8.17. The fraction of sp³-hybridized carbons (Fsp3) is 0.500. The molecule has 0 fully saturated rings. The minimum absolute atomic E-state index is 0.290. The van der Waals surface area contributed by atoms with Gasteiger partial charge < -0.3 is 0 Å². The highest BCUT2D eigenvalue weighted by Crippen LogP contribution is 2.10. The molecule has 4 heteroatoms. The van der Waals surface area contributed by atoms with Crippen molar-refractivity contribution in [2.75, 3.05) is 0 Å². The van der Waals surface area contributed by atoms with Crippen LogP contribution in [0.4, 0.5) is 0 Å². The van der Waals surface area contributed by atoms with E-state index in [1.54, 1.807) is 24.3 Å². The van der Waals surface area contributed by atoms with Gasteiger partial charge in [0.15, 0.2) is 0 Å². The molecule has 0 rings (SSSR count). The van der Waals surface area contributed by atoms with Crippen molar-refractivity contribution in [1.29, 1.82) is 21.0 Å². The van der Waals surface area contributed by atoms with Gasteiger partial charge >= 0.3 is 0 Å². The Bertz CT molecular complexity index is 233. The monoisotopic (exact) mass is 158 g/mol. The van der Waals surface area contributed by atoms with E-state index in [-0.39, 0.29) is 0 Å². The van der Waals surface area contributed by atoms with E-state index >= 15 is 0 Å². The molecule has 0 atom stereocenters. The average molecular weight is 158 g/mol. The molecule has 4 nitrogen and oxygen atoms in total. The zero-order chi connectivity index (χ0) is 9.40. The van der Waals surface area contributed by atoms with Gasteiger partial charge in [-0.2, -0.15) is 21.0 Å². The third-order valence-electron chi connectivity index (χ3n) is 1.37. The van der Waals surface area contributed by atoms with E-state index in [1.807, 2.05) is 0 Å². The van der Waals surface area contributed by atoms with Gasteiger partial charge in [-0.1, -0.05) is 0 Å². The molecule has 0 aromatic heterocycles. The first-order valence-corrected chi connectivity index (χ1v) is 3.37. The number of nitrogens with zero attached hydrogens (tertiary/aromatic N) is 4. The third-order valence-corrected chi connectivity index (χ3v) is 1.37. The van der Waals surface area contributed by atoms with E-state index < -0.39 is 11.8 Å². The summed E-state index contributed by atoms with van der Waals surface area (Å²) in [6, 6.07) is 7.10. The molecule has 0 radical (unpaired) electrons. The van der Waals surface area contributed by atoms with Gasteiger partial charge in [-0.05, 0) is 12.8 Å². The first-order valence-electron chi connectivity index (χ1n) is 3.37. The molecule has 0 N–H and O–H groups in total. The second kappa shape index (κ2) is 5.72. The van der Waals surface area contributed by atoms with Gasteiger partial charge in [0.2, 0.25) is 0 Å². The maximum Gasteiger partial charge on any atom is 0.133 e. The quantitative estimate of drug-likeness (QED) is 0.614. The van der Waals surface area contributed by atoms with Crippen molar-refractivity contribution in [2.45, 2.75) is 12.8 Å². The Morgan fingerprint density at radius 1 is 0.667 bits per heavy atom. The summed E-state index contributed by atoms with van der Waals surface area (Å²) in [5.41, 5.74) is 0. The van der Waals surface area contributed by atoms with Crippen LogP contribution in [0.15, 0.2) is 0 Å². The van der Waals surface area contributed by atoms with Crippen molar-refractivity contribution in [2.24, 2.45) is 11.8 Å². The summed E-state index contributed by atoms with van der Waals surface area (Å²) in [6.07, 6.45) is 0.581. The molecule has 0 saturated carbocycles. The van der Waals surface area contributed by atoms with Gasteiger partial charge in [-0.25, -0.2) is 0 Å². The summed E-state index contributed by atoms with van der Waals surface area (Å²) in [5, 5.41) is 33.4. The van der Waals surface area contributed by atoms with Crippen LogP contribution in [0, 0.1) is 57.2 Å². The topological polar surface area (TPSA) is 95.2 Å². The number of nitriles is 4. The maximum atomic E-state index is 8.35. The smallest absolute Gasteiger partial charge is 0.133 e. The number of hydrogen-bond acceptors (Lipinski definition) is 4. The first kappa shape index (κ1) is 9.96. The van der Waals surface area contributed by atoms with Crippen molar-refractivity contribution in [3.63, 3.8) is 0 Å². The van der Waals surface area contributed by atoms with Crippen molar-refractivity contribution in [1.82, 2.24) is 0 Å². The average Bonchev–Trinajstić information content (AvgIpc) is 2.13. The molecule has 0 unspecified atom stereocenters. The van der Waals surface area contributed by atoms with Crippen molar-refractivity contribution < 1.29 is 0 Å². The summed E-state index contributed by atoms with van der Waals surface area (Å²) in [6.45, 7) is 0. The van der Waals surface area contributed by atoms with Crippen molar-refractivity contribution in [3.05, 3.63) is 0 Å². The molecule has 0 bridgehead atoms. The van der Waals surface area contributed by atoms with E-state index in [4.69, 9.17) is 21.0 Å². The van der Waals surface area contributed by atoms with Gasteiger partial charge in [0, 0.05) is 0 Å². The largest absolute Gasteiger partial charge is 0.197 e. The van der Waals surface area contributed by atoms with Crippen LogP contribution in [0.1, 0.15) is 12.8 Å². The Kier molecular flexibility index (Phi) is 4.75. The van der Waals surface area contributed by atoms with E-state index in [0.717, 1.165) is 0 Å². The zero-order valence-electron chi connectivity index (χ0n) is 6.36. The number of hydrogen-bond donors (Lipinski definition) is 0. The Labute approximate surface area is 70.9 Å². The van der Waals surface area contributed by atoms with E-state index in [0.29, 0.717) is 12.8 Å². The molecule has 0 aromatic rings. The predicted molar refractivity (Wildman–Crippen MR) is 38.7 cm³/mol. The second-order valence-electron chi connectivity index (χ2n) is 2.20. The minimum atomic E-state index is -0.700. The summed E-state index contributed by atoms with van der Waals surface area (Å²) < 4.78 is 0. The van der Waals surface area contributed by atoms with Crippen LogP contribution in [0.5, 0.6) is 0 Å². The Hall–Kier alpha value is -2.04. The molecule has 12 heavy (non-hydrogen) atoms. The fourth-order valence-electron chi connectivity index (χ4n) is 0.649. The highest BCUT2D eigenvalue weighted by molar-refractivity contribution is 5.03. The van der Waals surface area contributed by atoms with Gasteiger partial charge in [0.1, 0.15) is 11.8 Å². The Morgan fingerprint density at radius 3 is 1.08 bits per heavy atom. The lowest BCUT2D eigenvalue weighted by Crippen LogP contribution is -1.98. The second-order valence-corrected chi connectivity index (χ2v) is 2.20. The van der Waals surface area contributed by atoms with Crippen LogP contribution in [0.3, 0.4) is 0 Å². The summed E-state index contributed by atoms with van der Waals surface area (Å²) >= 11 is 0. The molecule has 0 aromatic carbocycles. The predicted octanol–water partition coefficient (Wildman–Crippen LogP) is 1.09. The molecule has 0 spiro atoms. The highest BCUT2D eigenvalue weighted by Gasteiger charge is 2.10. The van der Waals surface area contributed by atoms with Crippen LogP contribution >= 0.6 is 0 Å². The molecule has 58 valence electrons. The van der Waals surface area contributed by atoms with Crippen LogP contribution in [0.2, 0.25) is 0 Å². The summed E-state index contributed by atoms with van der Waals surface area (Å²) in [4.78, 5) is 0. The standard InChI is InChI=1S/C8H6N4/c9-3-7(4-10)1-2-8(5-11)6-12/h7-8H,1-2H2. The zero-order valence-corrected chi connectivity index (χ0v) is 6.36. The lowest BCUT2D eigenvalue weighted by Gasteiger charge is -1.98. The lowest BCUT2D eigenvalue weighted by atomic mass is 9.99.